The SMILES string of the molecule is CC/C=C\C/C=C\C/C=C\C/C=C\C/C=C\C/C=C\CCCCCCCCC(=O)OC(COC(=O)CCCCCCCCC/C=C\CCCCCCCC)COP(=O)(O)OCCN. The minimum atomic E-state index is -4.39. The van der Waals surface area contributed by atoms with Crippen LogP contribution >= 0.6 is 7.82 Å². The van der Waals surface area contributed by atoms with Crippen LogP contribution in [0.5, 0.6) is 0 Å². The first-order valence-corrected chi connectivity index (χ1v) is 26.6. The zero-order chi connectivity index (χ0) is 46.0. The van der Waals surface area contributed by atoms with Crippen LogP contribution in [-0.2, 0) is 32.7 Å². The fourth-order valence-electron chi connectivity index (χ4n) is 6.57. The number of carbonyl (C=O) groups excluding carboxylic acids is 2. The van der Waals surface area contributed by atoms with Crippen molar-refractivity contribution in [3.05, 3.63) is 85.1 Å². The average molecular weight is 902 g/mol. The fraction of sp³-hybridized carbons (Fsp3) is 0.698. The van der Waals surface area contributed by atoms with Crippen LogP contribution in [0.2, 0.25) is 0 Å². The summed E-state index contributed by atoms with van der Waals surface area (Å²) in [7, 11) is -4.39. The third-order valence-corrected chi connectivity index (χ3v) is 11.2. The number of rotatable bonds is 46. The van der Waals surface area contributed by atoms with Crippen molar-refractivity contribution < 1.29 is 37.6 Å². The molecule has 0 saturated heterocycles. The monoisotopic (exact) mass is 902 g/mol. The molecule has 0 bridgehead atoms. The van der Waals surface area contributed by atoms with Crippen LogP contribution in [0.3, 0.4) is 0 Å². The zero-order valence-electron chi connectivity index (χ0n) is 40.0. The summed E-state index contributed by atoms with van der Waals surface area (Å²) in [4.78, 5) is 35.0. The Balaban J connectivity index is 4.13. The molecule has 362 valence electrons. The topological polar surface area (TPSA) is 134 Å². The number of hydrogen-bond acceptors (Lipinski definition) is 8. The van der Waals surface area contributed by atoms with Gasteiger partial charge in [-0.25, -0.2) is 4.57 Å². The Morgan fingerprint density at radius 1 is 0.492 bits per heavy atom. The number of hydrogen-bond donors (Lipinski definition) is 2. The lowest BCUT2D eigenvalue weighted by atomic mass is 10.1. The van der Waals surface area contributed by atoms with Crippen LogP contribution in [0.1, 0.15) is 206 Å². The van der Waals surface area contributed by atoms with Crippen LogP contribution in [0, 0.1) is 0 Å². The van der Waals surface area contributed by atoms with Crippen LogP contribution in [-0.4, -0.2) is 49.3 Å². The molecule has 0 radical (unpaired) electrons. The normalized spacial score (nSPS) is 13.9. The van der Waals surface area contributed by atoms with Gasteiger partial charge in [-0.15, -0.1) is 0 Å². The molecule has 0 aromatic rings. The highest BCUT2D eigenvalue weighted by Gasteiger charge is 2.26. The number of carbonyl (C=O) groups is 2. The number of ether oxygens (including phenoxy) is 2. The van der Waals surface area contributed by atoms with Crippen molar-refractivity contribution in [2.24, 2.45) is 5.73 Å². The van der Waals surface area contributed by atoms with Crippen LogP contribution in [0.25, 0.3) is 0 Å². The summed E-state index contributed by atoms with van der Waals surface area (Å²) in [5.41, 5.74) is 5.36. The van der Waals surface area contributed by atoms with Crippen molar-refractivity contribution in [1.29, 1.82) is 0 Å². The number of phosphoric ester groups is 1. The van der Waals surface area contributed by atoms with Crippen molar-refractivity contribution in [3.8, 4) is 0 Å². The van der Waals surface area contributed by atoms with E-state index in [0.717, 1.165) is 109 Å². The van der Waals surface area contributed by atoms with Crippen molar-refractivity contribution in [1.82, 2.24) is 0 Å². The van der Waals surface area contributed by atoms with Gasteiger partial charge in [-0.1, -0.05) is 189 Å². The first-order chi connectivity index (χ1) is 30.8. The lowest BCUT2D eigenvalue weighted by Gasteiger charge is -2.19. The molecule has 0 aliphatic rings. The summed E-state index contributed by atoms with van der Waals surface area (Å²) in [5, 5.41) is 0. The smallest absolute Gasteiger partial charge is 0.462 e. The summed E-state index contributed by atoms with van der Waals surface area (Å²) >= 11 is 0. The van der Waals surface area contributed by atoms with Crippen molar-refractivity contribution >= 4 is 19.8 Å². The van der Waals surface area contributed by atoms with Gasteiger partial charge in [0.25, 0.3) is 0 Å². The minimum absolute atomic E-state index is 0.0460. The van der Waals surface area contributed by atoms with Gasteiger partial charge in [0.15, 0.2) is 6.10 Å². The fourth-order valence-corrected chi connectivity index (χ4v) is 7.34. The Bertz CT molecular complexity index is 1300. The van der Waals surface area contributed by atoms with Crippen molar-refractivity contribution in [2.75, 3.05) is 26.4 Å². The number of esters is 2. The van der Waals surface area contributed by atoms with Gasteiger partial charge in [0, 0.05) is 19.4 Å². The molecule has 0 aliphatic heterocycles. The summed E-state index contributed by atoms with van der Waals surface area (Å²) in [5.74, 6) is -0.853. The second-order valence-corrected chi connectivity index (χ2v) is 17.8. The Kier molecular flexibility index (Phi) is 46.5. The summed E-state index contributed by atoms with van der Waals surface area (Å²) in [6.45, 7) is 3.59. The Labute approximate surface area is 385 Å². The van der Waals surface area contributed by atoms with Crippen LogP contribution < -0.4 is 5.73 Å². The summed E-state index contributed by atoms with van der Waals surface area (Å²) < 4.78 is 32.9. The highest BCUT2D eigenvalue weighted by molar-refractivity contribution is 7.47. The predicted octanol–water partition coefficient (Wildman–Crippen LogP) is 15.2. The number of nitrogens with two attached hydrogens (primary N) is 1. The van der Waals surface area contributed by atoms with E-state index in [0.29, 0.717) is 6.42 Å². The molecule has 0 heterocycles. The standard InChI is InChI=1S/C53H92NO8P/c1-3-5-7-9-11-13-15-17-19-21-22-23-24-25-26-27-28-30-32-34-36-38-40-42-44-46-53(56)62-51(50-61-63(57,58)60-48-47-54)49-59-52(55)45-43-41-39-37-35-33-31-29-20-18-16-14-12-10-8-6-4-2/h5,7,11,13,17-20,22-23,25-26,28,30,51H,3-4,6,8-10,12,14-16,21,24,27,29,31-50,54H2,1-2H3,(H,57,58)/b7-5-,13-11-,19-17-,20-18-,23-22-,26-25-,30-28-. The van der Waals surface area contributed by atoms with E-state index in [-0.39, 0.29) is 32.6 Å². The molecule has 0 aromatic heterocycles. The molecule has 10 heteroatoms. The molecular formula is C53H92NO8P. The lowest BCUT2D eigenvalue weighted by molar-refractivity contribution is -0.161. The molecule has 0 aliphatic carbocycles. The van der Waals surface area contributed by atoms with E-state index in [1.54, 1.807) is 0 Å². The first-order valence-electron chi connectivity index (χ1n) is 25.1. The Morgan fingerprint density at radius 2 is 0.873 bits per heavy atom. The number of phosphoric acid groups is 1. The van der Waals surface area contributed by atoms with Gasteiger partial charge in [0.2, 0.25) is 0 Å². The second kappa shape index (κ2) is 48.6. The van der Waals surface area contributed by atoms with Gasteiger partial charge in [-0.3, -0.25) is 18.6 Å². The van der Waals surface area contributed by atoms with Gasteiger partial charge < -0.3 is 20.1 Å². The van der Waals surface area contributed by atoms with Crippen LogP contribution in [0.4, 0.5) is 0 Å². The van der Waals surface area contributed by atoms with Gasteiger partial charge in [0.1, 0.15) is 6.61 Å². The number of allylic oxidation sites excluding steroid dienone is 14. The molecule has 0 spiro atoms. The molecule has 0 amide bonds. The maximum atomic E-state index is 12.6. The lowest BCUT2D eigenvalue weighted by Crippen LogP contribution is -2.29. The second-order valence-electron chi connectivity index (χ2n) is 16.3. The van der Waals surface area contributed by atoms with E-state index in [9.17, 15) is 19.0 Å². The van der Waals surface area contributed by atoms with Gasteiger partial charge >= 0.3 is 19.8 Å². The quantitative estimate of drug-likeness (QED) is 0.0265. The molecule has 0 aromatic carbocycles. The van der Waals surface area contributed by atoms with Crippen molar-refractivity contribution in [2.45, 2.75) is 213 Å². The molecule has 63 heavy (non-hydrogen) atoms. The molecule has 0 rings (SSSR count). The van der Waals surface area contributed by atoms with Crippen LogP contribution in [0.15, 0.2) is 85.1 Å². The average Bonchev–Trinajstić information content (AvgIpc) is 3.27. The van der Waals surface area contributed by atoms with E-state index in [1.165, 1.54) is 64.2 Å². The highest BCUT2D eigenvalue weighted by atomic mass is 31.2. The molecule has 0 fully saturated rings. The van der Waals surface area contributed by atoms with E-state index >= 15 is 0 Å². The molecule has 9 nitrogen and oxygen atoms in total. The van der Waals surface area contributed by atoms with E-state index in [1.807, 2.05) is 0 Å². The minimum Gasteiger partial charge on any atom is -0.462 e. The van der Waals surface area contributed by atoms with Gasteiger partial charge in [0.05, 0.1) is 13.2 Å². The largest absolute Gasteiger partial charge is 0.472 e. The summed E-state index contributed by atoms with van der Waals surface area (Å²) in [6.07, 6.45) is 61.8. The molecular weight excluding hydrogens is 810 g/mol. The Hall–Kier alpha value is -2.81. The molecule has 2 atom stereocenters. The highest BCUT2D eigenvalue weighted by Crippen LogP contribution is 2.43. The molecule has 2 unspecified atom stereocenters. The van der Waals surface area contributed by atoms with Gasteiger partial charge in [-0.05, 0) is 89.9 Å². The molecule has 3 N–H and O–H groups in total. The zero-order valence-corrected chi connectivity index (χ0v) is 40.9. The third-order valence-electron chi connectivity index (χ3n) is 10.3. The van der Waals surface area contributed by atoms with Gasteiger partial charge in [-0.2, -0.15) is 0 Å². The van der Waals surface area contributed by atoms with E-state index in [2.05, 4.69) is 98.9 Å². The summed E-state index contributed by atoms with van der Waals surface area (Å²) in [6, 6.07) is 0. The first kappa shape index (κ1) is 60.2. The predicted molar refractivity (Wildman–Crippen MR) is 265 cm³/mol. The maximum Gasteiger partial charge on any atom is 0.472 e. The maximum absolute atomic E-state index is 12.6. The Morgan fingerprint density at radius 3 is 1.32 bits per heavy atom. The van der Waals surface area contributed by atoms with E-state index < -0.39 is 32.5 Å². The number of unbranched alkanes of at least 4 members (excludes halogenated alkanes) is 19. The molecule has 0 saturated carbocycles. The van der Waals surface area contributed by atoms with Crippen molar-refractivity contribution in [3.63, 3.8) is 0 Å². The van der Waals surface area contributed by atoms with E-state index in [4.69, 9.17) is 24.3 Å². The third kappa shape index (κ3) is 48.5.